The van der Waals surface area contributed by atoms with Crippen molar-refractivity contribution >= 4 is 29.7 Å². The average Bonchev–Trinajstić information content (AvgIpc) is 3.46. The predicted octanol–water partition coefficient (Wildman–Crippen LogP) is 2.46. The molecule has 1 atom stereocenters. The zero-order valence-corrected chi connectivity index (χ0v) is 21.5. The van der Waals surface area contributed by atoms with Crippen LogP contribution in [-0.2, 0) is 16.1 Å². The predicted molar refractivity (Wildman–Crippen MR) is 148 cm³/mol. The molecule has 4 N–H and O–H groups in total. The normalized spacial score (nSPS) is 15.4. The third-order valence-electron chi connectivity index (χ3n) is 6.10. The van der Waals surface area contributed by atoms with Crippen LogP contribution in [0.3, 0.4) is 0 Å². The van der Waals surface area contributed by atoms with Gasteiger partial charge in [0.1, 0.15) is 17.6 Å². The molecule has 1 aliphatic rings. The molecule has 2 aromatic heterocycles. The van der Waals surface area contributed by atoms with Crippen LogP contribution in [0.5, 0.6) is 0 Å². The third-order valence-corrected chi connectivity index (χ3v) is 6.10. The number of nitrogens with one attached hydrogen (secondary N) is 1. The number of aliphatic carboxylic acids is 1. The van der Waals surface area contributed by atoms with Gasteiger partial charge >= 0.3 is 5.97 Å². The van der Waals surface area contributed by atoms with E-state index in [0.29, 0.717) is 66.2 Å². The lowest BCUT2D eigenvalue weighted by Gasteiger charge is -2.22. The van der Waals surface area contributed by atoms with Crippen molar-refractivity contribution in [3.05, 3.63) is 65.5 Å². The third kappa shape index (κ3) is 6.91. The lowest BCUT2D eigenvalue weighted by atomic mass is 10.1. The molecular formula is C27H29N9O3. The van der Waals surface area contributed by atoms with Gasteiger partial charge in [-0.1, -0.05) is 18.2 Å². The second-order valence-corrected chi connectivity index (χ2v) is 8.74. The Hall–Kier alpha value is -4.89. The quantitative estimate of drug-likeness (QED) is 0.145. The van der Waals surface area contributed by atoms with Gasteiger partial charge in [0.15, 0.2) is 0 Å². The van der Waals surface area contributed by atoms with Crippen LogP contribution in [0.2, 0.25) is 0 Å². The van der Waals surface area contributed by atoms with E-state index in [4.69, 9.17) is 10.6 Å². The van der Waals surface area contributed by atoms with E-state index in [1.54, 1.807) is 31.4 Å². The molecular weight excluding hydrogens is 498 g/mol. The zero-order chi connectivity index (χ0) is 27.6. The van der Waals surface area contributed by atoms with Gasteiger partial charge in [0.05, 0.1) is 48.1 Å². The van der Waals surface area contributed by atoms with Crippen LogP contribution in [0.4, 0.5) is 11.8 Å². The van der Waals surface area contributed by atoms with Crippen LogP contribution in [0.25, 0.3) is 11.3 Å². The molecule has 0 saturated carbocycles. The maximum absolute atomic E-state index is 11.6. The summed E-state index contributed by atoms with van der Waals surface area (Å²) in [5, 5.41) is 25.8. The Balaban J connectivity index is 1.56. The maximum Gasteiger partial charge on any atom is 0.326 e. The zero-order valence-electron chi connectivity index (χ0n) is 21.5. The average molecular weight is 528 g/mol. The van der Waals surface area contributed by atoms with Crippen LogP contribution in [0.15, 0.2) is 58.6 Å². The summed E-state index contributed by atoms with van der Waals surface area (Å²) in [6.07, 6.45) is 2.92. The molecule has 1 aliphatic heterocycles. The van der Waals surface area contributed by atoms with Crippen molar-refractivity contribution in [1.29, 1.82) is 5.26 Å². The number of methoxy groups -OCH3 is 1. The van der Waals surface area contributed by atoms with Crippen molar-refractivity contribution in [2.24, 2.45) is 15.9 Å². The molecule has 0 spiro atoms. The van der Waals surface area contributed by atoms with Crippen LogP contribution >= 0.6 is 0 Å². The highest BCUT2D eigenvalue weighted by atomic mass is 16.5. The molecule has 0 bridgehead atoms. The summed E-state index contributed by atoms with van der Waals surface area (Å²) in [6, 6.07) is 15.9. The number of carbonyl (C=O) groups is 1. The van der Waals surface area contributed by atoms with Gasteiger partial charge < -0.3 is 25.9 Å². The lowest BCUT2D eigenvalue weighted by Crippen LogP contribution is -2.36. The number of hydrogen-bond acceptors (Lipinski definition) is 11. The molecule has 0 unspecified atom stereocenters. The number of carboxylic acid groups (broad SMARTS) is 1. The fourth-order valence-corrected chi connectivity index (χ4v) is 4.22. The maximum atomic E-state index is 11.6. The van der Waals surface area contributed by atoms with Gasteiger partial charge in [0.25, 0.3) is 0 Å². The summed E-state index contributed by atoms with van der Waals surface area (Å²) in [7, 11) is 1.60. The van der Waals surface area contributed by atoms with Crippen molar-refractivity contribution in [2.45, 2.75) is 25.4 Å². The summed E-state index contributed by atoms with van der Waals surface area (Å²) in [5.41, 5.74) is 3.27. The summed E-state index contributed by atoms with van der Waals surface area (Å²) in [4.78, 5) is 31.6. The smallest absolute Gasteiger partial charge is 0.326 e. The number of aromatic nitrogens is 3. The first-order valence-corrected chi connectivity index (χ1v) is 12.4. The summed E-state index contributed by atoms with van der Waals surface area (Å²) >= 11 is 0. The highest BCUT2D eigenvalue weighted by Gasteiger charge is 2.31. The molecule has 4 rings (SSSR count). The highest BCUT2D eigenvalue weighted by Crippen LogP contribution is 2.24. The molecule has 3 heterocycles. The number of nitrogens with two attached hydrogens (primary N) is 1. The number of benzene rings is 1. The number of hydrogen-bond donors (Lipinski definition) is 3. The lowest BCUT2D eigenvalue weighted by molar-refractivity contribution is -0.138. The molecule has 1 saturated heterocycles. The van der Waals surface area contributed by atoms with E-state index in [-0.39, 0.29) is 6.54 Å². The minimum absolute atomic E-state index is 0.236. The minimum atomic E-state index is -0.846. The highest BCUT2D eigenvalue weighted by molar-refractivity contribution is 6.37. The number of anilines is 2. The van der Waals surface area contributed by atoms with Gasteiger partial charge in [0.2, 0.25) is 5.95 Å². The first-order valence-electron chi connectivity index (χ1n) is 12.4. The fourth-order valence-electron chi connectivity index (χ4n) is 4.22. The van der Waals surface area contributed by atoms with E-state index in [1.807, 2.05) is 29.2 Å². The Morgan fingerprint density at radius 2 is 2.13 bits per heavy atom. The number of nitrogens with zero attached hydrogens (tertiary/aromatic N) is 7. The topological polar surface area (TPSA) is 175 Å². The van der Waals surface area contributed by atoms with Crippen LogP contribution in [-0.4, -0.2) is 70.8 Å². The van der Waals surface area contributed by atoms with Crippen molar-refractivity contribution in [3.63, 3.8) is 0 Å². The largest absolute Gasteiger partial charge is 0.480 e. The van der Waals surface area contributed by atoms with Crippen LogP contribution in [0.1, 0.15) is 29.8 Å². The number of ether oxygens (including phenoxy) is 1. The number of aliphatic imine (C=N–C) groups is 1. The number of hydrazone groups is 1. The molecule has 12 heteroatoms. The van der Waals surface area contributed by atoms with E-state index < -0.39 is 12.0 Å². The molecule has 39 heavy (non-hydrogen) atoms. The first-order chi connectivity index (χ1) is 19.0. The SMILES string of the molecule is COCCNc1nc(C(C=NCc2cccc(N3CCC[C@H]3C(=O)O)n2)=NN)cc(-c2cccc(C#N)c2)n1. The number of nitriles is 1. The van der Waals surface area contributed by atoms with E-state index in [1.165, 1.54) is 6.21 Å². The summed E-state index contributed by atoms with van der Waals surface area (Å²) in [6.45, 7) is 1.83. The Morgan fingerprint density at radius 1 is 1.28 bits per heavy atom. The summed E-state index contributed by atoms with van der Waals surface area (Å²) in [5.74, 6) is 5.84. The minimum Gasteiger partial charge on any atom is -0.480 e. The molecule has 1 aromatic carbocycles. The number of carboxylic acids is 1. The van der Waals surface area contributed by atoms with Crippen molar-refractivity contribution in [1.82, 2.24) is 15.0 Å². The van der Waals surface area contributed by atoms with Crippen LogP contribution < -0.4 is 16.1 Å². The van der Waals surface area contributed by atoms with Gasteiger partial charge in [-0.05, 0) is 43.2 Å². The molecule has 12 nitrogen and oxygen atoms in total. The Morgan fingerprint density at radius 3 is 2.90 bits per heavy atom. The van der Waals surface area contributed by atoms with Crippen molar-refractivity contribution < 1.29 is 14.6 Å². The van der Waals surface area contributed by atoms with Gasteiger partial charge in [-0.15, -0.1) is 0 Å². The number of rotatable bonds is 11. The van der Waals surface area contributed by atoms with E-state index in [9.17, 15) is 15.2 Å². The molecule has 0 aliphatic carbocycles. The van der Waals surface area contributed by atoms with E-state index in [0.717, 1.165) is 12.0 Å². The second-order valence-electron chi connectivity index (χ2n) is 8.74. The molecule has 3 aromatic rings. The van der Waals surface area contributed by atoms with Gasteiger partial charge in [-0.25, -0.2) is 19.7 Å². The Labute approximate surface area is 225 Å². The standard InChI is InChI=1S/C27H29N9O3/c1-39-12-10-31-27-33-21(19-6-2-5-18(13-19)15-28)14-22(34-27)23(35-29)17-30-16-20-7-3-9-25(32-20)36-11-4-8-24(36)26(37)38/h2-3,5-7,9,13-14,17,24H,4,8,10-12,16,29H2,1H3,(H,37,38)(H,31,33,34)/t24-/m0/s1. The second kappa shape index (κ2) is 13.1. The molecule has 0 amide bonds. The van der Waals surface area contributed by atoms with Crippen molar-refractivity contribution in [3.8, 4) is 17.3 Å². The van der Waals surface area contributed by atoms with Gasteiger partial charge in [-0.3, -0.25) is 4.99 Å². The van der Waals surface area contributed by atoms with Crippen LogP contribution in [0, 0.1) is 11.3 Å². The molecule has 0 radical (unpaired) electrons. The Kier molecular flexibility index (Phi) is 9.10. The first kappa shape index (κ1) is 27.2. The fraction of sp³-hybridized carbons (Fsp3) is 0.296. The Bertz CT molecular complexity index is 1420. The van der Waals surface area contributed by atoms with Crippen molar-refractivity contribution in [2.75, 3.05) is 37.0 Å². The molecule has 1 fully saturated rings. The van der Waals surface area contributed by atoms with Gasteiger partial charge in [0, 0.05) is 25.8 Å². The molecule has 200 valence electrons. The monoisotopic (exact) mass is 527 g/mol. The summed E-state index contributed by atoms with van der Waals surface area (Å²) < 4.78 is 5.10. The van der Waals surface area contributed by atoms with E-state index in [2.05, 4.69) is 36.4 Å². The van der Waals surface area contributed by atoms with Gasteiger partial charge in [-0.2, -0.15) is 10.4 Å². The number of pyridine rings is 1. The van der Waals surface area contributed by atoms with E-state index >= 15 is 0 Å².